The van der Waals surface area contributed by atoms with Crippen LogP contribution in [-0.2, 0) is 0 Å². The van der Waals surface area contributed by atoms with E-state index in [1.165, 1.54) is 12.8 Å². The Labute approximate surface area is 131 Å². The normalized spacial score (nSPS) is 28.3. The highest BCUT2D eigenvalue weighted by Crippen LogP contribution is 2.32. The van der Waals surface area contributed by atoms with Gasteiger partial charge in [-0.05, 0) is 66.2 Å². The van der Waals surface area contributed by atoms with E-state index in [2.05, 4.69) is 50.0 Å². The zero-order valence-electron chi connectivity index (χ0n) is 14.9. The van der Waals surface area contributed by atoms with E-state index in [1.807, 2.05) is 0 Å². The van der Waals surface area contributed by atoms with Crippen molar-refractivity contribution in [3.05, 3.63) is 0 Å². The zero-order chi connectivity index (χ0) is 15.9. The predicted molar refractivity (Wildman–Crippen MR) is 90.8 cm³/mol. The van der Waals surface area contributed by atoms with Gasteiger partial charge in [-0.2, -0.15) is 0 Å². The first-order valence-electron chi connectivity index (χ1n) is 8.74. The summed E-state index contributed by atoms with van der Waals surface area (Å²) in [6.45, 7) is 10.2. The fraction of sp³-hybridized carbons (Fsp3) is 1.00. The molecule has 3 unspecified atom stereocenters. The van der Waals surface area contributed by atoms with Crippen LogP contribution >= 0.6 is 0 Å². The van der Waals surface area contributed by atoms with Crippen molar-refractivity contribution < 1.29 is 5.11 Å². The SMILES string of the molecule is CCCNC1(CO)CCCC(N(CC)C(C)CN(C)C)C1. The number of aliphatic hydroxyl groups excluding tert-OH is 1. The molecule has 3 atom stereocenters. The summed E-state index contributed by atoms with van der Waals surface area (Å²) in [5.74, 6) is 0. The van der Waals surface area contributed by atoms with Gasteiger partial charge in [-0.15, -0.1) is 0 Å². The summed E-state index contributed by atoms with van der Waals surface area (Å²) in [5, 5.41) is 13.6. The molecule has 126 valence electrons. The number of aliphatic hydroxyl groups is 1. The summed E-state index contributed by atoms with van der Waals surface area (Å²) < 4.78 is 0. The average molecular weight is 300 g/mol. The quantitative estimate of drug-likeness (QED) is 0.682. The van der Waals surface area contributed by atoms with Crippen LogP contribution in [-0.4, -0.2) is 72.9 Å². The summed E-state index contributed by atoms with van der Waals surface area (Å²) in [6, 6.07) is 1.16. The molecule has 0 heterocycles. The van der Waals surface area contributed by atoms with Crippen LogP contribution in [0.2, 0.25) is 0 Å². The topological polar surface area (TPSA) is 38.7 Å². The van der Waals surface area contributed by atoms with Crippen LogP contribution in [0.25, 0.3) is 0 Å². The van der Waals surface area contributed by atoms with Crippen molar-refractivity contribution in [2.45, 2.75) is 70.5 Å². The molecule has 1 aliphatic carbocycles. The van der Waals surface area contributed by atoms with Gasteiger partial charge in [-0.25, -0.2) is 0 Å². The van der Waals surface area contributed by atoms with Gasteiger partial charge in [0.2, 0.25) is 0 Å². The molecular weight excluding hydrogens is 262 g/mol. The largest absolute Gasteiger partial charge is 0.394 e. The zero-order valence-corrected chi connectivity index (χ0v) is 14.9. The monoisotopic (exact) mass is 299 g/mol. The first-order valence-corrected chi connectivity index (χ1v) is 8.74. The maximum Gasteiger partial charge on any atom is 0.0613 e. The number of likely N-dealkylation sites (N-methyl/N-ethyl adjacent to an activating group) is 2. The molecule has 0 aromatic carbocycles. The molecule has 4 heteroatoms. The van der Waals surface area contributed by atoms with Crippen molar-refractivity contribution in [1.29, 1.82) is 0 Å². The summed E-state index contributed by atoms with van der Waals surface area (Å²) in [6.07, 6.45) is 5.80. The van der Waals surface area contributed by atoms with Gasteiger partial charge in [-0.1, -0.05) is 13.8 Å². The van der Waals surface area contributed by atoms with Gasteiger partial charge in [-0.3, -0.25) is 4.90 Å². The Kier molecular flexibility index (Phi) is 8.17. The molecule has 1 aliphatic rings. The van der Waals surface area contributed by atoms with E-state index in [4.69, 9.17) is 0 Å². The van der Waals surface area contributed by atoms with Gasteiger partial charge in [0.15, 0.2) is 0 Å². The van der Waals surface area contributed by atoms with E-state index in [1.54, 1.807) is 0 Å². The second-order valence-corrected chi connectivity index (χ2v) is 7.06. The minimum Gasteiger partial charge on any atom is -0.394 e. The molecule has 4 nitrogen and oxygen atoms in total. The third-order valence-corrected chi connectivity index (χ3v) is 4.90. The van der Waals surface area contributed by atoms with E-state index in [9.17, 15) is 5.11 Å². The number of hydrogen-bond donors (Lipinski definition) is 2. The van der Waals surface area contributed by atoms with E-state index in [0.717, 1.165) is 38.9 Å². The Hall–Kier alpha value is -0.160. The lowest BCUT2D eigenvalue weighted by Gasteiger charge is -2.46. The molecule has 0 radical (unpaired) electrons. The fourth-order valence-corrected chi connectivity index (χ4v) is 3.93. The number of nitrogens with zero attached hydrogens (tertiary/aromatic N) is 2. The lowest BCUT2D eigenvalue weighted by molar-refractivity contribution is 0.0391. The molecule has 1 saturated carbocycles. The Morgan fingerprint density at radius 1 is 1.33 bits per heavy atom. The Bertz CT molecular complexity index is 285. The summed E-state index contributed by atoms with van der Waals surface area (Å²) in [5.41, 5.74) is -0.0514. The molecule has 0 amide bonds. The van der Waals surface area contributed by atoms with Crippen LogP contribution in [0.15, 0.2) is 0 Å². The molecule has 1 fully saturated rings. The standard InChI is InChI=1S/C17H37N3O/c1-6-11-18-17(14-21)10-8-9-16(12-17)20(7-2)15(3)13-19(4)5/h15-16,18,21H,6-14H2,1-5H3. The third-order valence-electron chi connectivity index (χ3n) is 4.90. The molecule has 21 heavy (non-hydrogen) atoms. The van der Waals surface area contributed by atoms with Crippen LogP contribution < -0.4 is 5.32 Å². The van der Waals surface area contributed by atoms with E-state index >= 15 is 0 Å². The van der Waals surface area contributed by atoms with Gasteiger partial charge in [0.05, 0.1) is 6.61 Å². The molecule has 1 rings (SSSR count). The molecule has 0 spiro atoms. The van der Waals surface area contributed by atoms with Gasteiger partial charge in [0.25, 0.3) is 0 Å². The molecule has 2 N–H and O–H groups in total. The van der Waals surface area contributed by atoms with Crippen LogP contribution in [0, 0.1) is 0 Å². The minimum absolute atomic E-state index is 0.0514. The van der Waals surface area contributed by atoms with E-state index < -0.39 is 0 Å². The van der Waals surface area contributed by atoms with E-state index in [0.29, 0.717) is 12.1 Å². The molecule has 0 aliphatic heterocycles. The molecule has 0 aromatic rings. The summed E-state index contributed by atoms with van der Waals surface area (Å²) in [7, 11) is 4.29. The van der Waals surface area contributed by atoms with Crippen molar-refractivity contribution in [3.63, 3.8) is 0 Å². The van der Waals surface area contributed by atoms with Crippen molar-refractivity contribution in [2.24, 2.45) is 0 Å². The van der Waals surface area contributed by atoms with Crippen molar-refractivity contribution in [1.82, 2.24) is 15.1 Å². The fourth-order valence-electron chi connectivity index (χ4n) is 3.93. The van der Waals surface area contributed by atoms with Gasteiger partial charge in [0.1, 0.15) is 0 Å². The number of rotatable bonds is 9. The van der Waals surface area contributed by atoms with Crippen molar-refractivity contribution in [2.75, 3.05) is 40.3 Å². The van der Waals surface area contributed by atoms with Crippen LogP contribution in [0.3, 0.4) is 0 Å². The summed E-state index contributed by atoms with van der Waals surface area (Å²) in [4.78, 5) is 4.90. The van der Waals surface area contributed by atoms with Crippen molar-refractivity contribution >= 4 is 0 Å². The lowest BCUT2D eigenvalue weighted by atomic mass is 9.78. The predicted octanol–water partition coefficient (Wildman–Crippen LogP) is 1.93. The Morgan fingerprint density at radius 3 is 2.57 bits per heavy atom. The average Bonchev–Trinajstić information content (AvgIpc) is 2.45. The highest BCUT2D eigenvalue weighted by atomic mass is 16.3. The number of nitrogens with one attached hydrogen (secondary N) is 1. The maximum absolute atomic E-state index is 9.94. The number of hydrogen-bond acceptors (Lipinski definition) is 4. The first-order chi connectivity index (χ1) is 9.98. The van der Waals surface area contributed by atoms with Crippen LogP contribution in [0.5, 0.6) is 0 Å². The van der Waals surface area contributed by atoms with Gasteiger partial charge < -0.3 is 15.3 Å². The van der Waals surface area contributed by atoms with Gasteiger partial charge in [0, 0.05) is 24.2 Å². The van der Waals surface area contributed by atoms with Crippen molar-refractivity contribution in [3.8, 4) is 0 Å². The van der Waals surface area contributed by atoms with E-state index in [-0.39, 0.29) is 12.1 Å². The Morgan fingerprint density at radius 2 is 2.05 bits per heavy atom. The molecule has 0 saturated heterocycles. The third kappa shape index (κ3) is 5.51. The minimum atomic E-state index is -0.0514. The van der Waals surface area contributed by atoms with Crippen LogP contribution in [0.4, 0.5) is 0 Å². The van der Waals surface area contributed by atoms with Crippen LogP contribution in [0.1, 0.15) is 52.9 Å². The molecule has 0 bridgehead atoms. The lowest BCUT2D eigenvalue weighted by Crippen LogP contribution is -2.57. The van der Waals surface area contributed by atoms with Gasteiger partial charge >= 0.3 is 0 Å². The summed E-state index contributed by atoms with van der Waals surface area (Å²) >= 11 is 0. The first kappa shape index (κ1) is 18.9. The molecule has 0 aromatic heterocycles. The molecular formula is C17H37N3O. The maximum atomic E-state index is 9.94. The smallest absolute Gasteiger partial charge is 0.0613 e. The second kappa shape index (κ2) is 9.09. The second-order valence-electron chi connectivity index (χ2n) is 7.06. The highest BCUT2D eigenvalue weighted by Gasteiger charge is 2.38. The highest BCUT2D eigenvalue weighted by molar-refractivity contribution is 4.97. The Balaban J connectivity index is 2.71.